The molecule has 7 nitrogen and oxygen atoms in total. The van der Waals surface area contributed by atoms with Gasteiger partial charge in [-0.2, -0.15) is 0 Å². The maximum atomic E-state index is 12.6. The first-order chi connectivity index (χ1) is 15.2. The van der Waals surface area contributed by atoms with Crippen LogP contribution >= 0.6 is 0 Å². The zero-order valence-electron chi connectivity index (χ0n) is 17.8. The molecule has 4 heterocycles. The summed E-state index contributed by atoms with van der Waals surface area (Å²) in [6, 6.07) is 9.95. The lowest BCUT2D eigenvalue weighted by atomic mass is 9.95. The van der Waals surface area contributed by atoms with Crippen molar-refractivity contribution in [3.8, 4) is 11.5 Å². The number of fused-ring (bicyclic) bond motifs is 2. The Bertz CT molecular complexity index is 1090. The fourth-order valence-electron chi connectivity index (χ4n) is 4.57. The second kappa shape index (κ2) is 8.59. The van der Waals surface area contributed by atoms with Crippen LogP contribution in [-0.4, -0.2) is 46.8 Å². The first kappa shape index (κ1) is 19.9. The summed E-state index contributed by atoms with van der Waals surface area (Å²) in [6.07, 6.45) is 6.85. The molecule has 7 heteroatoms. The zero-order chi connectivity index (χ0) is 21.2. The molecule has 0 atom stereocenters. The second-order valence-electron chi connectivity index (χ2n) is 8.41. The van der Waals surface area contributed by atoms with Gasteiger partial charge in [-0.15, -0.1) is 0 Å². The molecule has 0 spiro atoms. The van der Waals surface area contributed by atoms with Gasteiger partial charge in [0.15, 0.2) is 11.5 Å². The van der Waals surface area contributed by atoms with E-state index in [9.17, 15) is 4.79 Å². The summed E-state index contributed by atoms with van der Waals surface area (Å²) >= 11 is 0. The molecule has 0 radical (unpaired) electrons. The molecule has 5 rings (SSSR count). The first-order valence-corrected chi connectivity index (χ1v) is 10.9. The van der Waals surface area contributed by atoms with E-state index >= 15 is 0 Å². The summed E-state index contributed by atoms with van der Waals surface area (Å²) in [5.74, 6) is 1.76. The van der Waals surface area contributed by atoms with Crippen LogP contribution in [0.3, 0.4) is 0 Å². The highest BCUT2D eigenvalue weighted by molar-refractivity contribution is 5.80. The number of aromatic nitrogens is 2. The Kier molecular flexibility index (Phi) is 5.51. The summed E-state index contributed by atoms with van der Waals surface area (Å²) in [6.45, 7) is 3.72. The lowest BCUT2D eigenvalue weighted by Gasteiger charge is -2.31. The van der Waals surface area contributed by atoms with E-state index in [-0.39, 0.29) is 18.6 Å². The Morgan fingerprint density at radius 1 is 1.19 bits per heavy atom. The number of nitrogens with zero attached hydrogens (tertiary/aromatic N) is 3. The van der Waals surface area contributed by atoms with Crippen molar-refractivity contribution in [1.29, 1.82) is 0 Å². The van der Waals surface area contributed by atoms with Crippen molar-refractivity contribution in [2.75, 3.05) is 26.4 Å². The maximum Gasteiger partial charge on any atom is 0.231 e. The van der Waals surface area contributed by atoms with Gasteiger partial charge in [0.2, 0.25) is 12.7 Å². The third kappa shape index (κ3) is 4.23. The molecule has 162 valence electrons. The third-order valence-electron chi connectivity index (χ3n) is 6.38. The van der Waals surface area contributed by atoms with Crippen LogP contribution in [0.2, 0.25) is 0 Å². The average Bonchev–Trinajstić information content (AvgIpc) is 3.40. The van der Waals surface area contributed by atoms with Gasteiger partial charge in [0.25, 0.3) is 0 Å². The summed E-state index contributed by atoms with van der Waals surface area (Å²) in [4.78, 5) is 19.6. The van der Waals surface area contributed by atoms with Gasteiger partial charge in [-0.3, -0.25) is 4.79 Å². The van der Waals surface area contributed by atoms with Crippen molar-refractivity contribution >= 4 is 16.9 Å². The molecule has 0 bridgehead atoms. The Balaban J connectivity index is 1.09. The number of carbonyl (C=O) groups excluding carboxylic acids is 1. The fourth-order valence-corrected chi connectivity index (χ4v) is 4.57. The van der Waals surface area contributed by atoms with Crippen LogP contribution in [0.5, 0.6) is 11.5 Å². The van der Waals surface area contributed by atoms with Crippen LogP contribution in [0.4, 0.5) is 0 Å². The maximum absolute atomic E-state index is 12.6. The summed E-state index contributed by atoms with van der Waals surface area (Å²) in [7, 11) is 2.05. The van der Waals surface area contributed by atoms with Gasteiger partial charge < -0.3 is 24.3 Å². The number of likely N-dealkylation sites (tertiary alicyclic amines) is 1. The predicted molar refractivity (Wildman–Crippen MR) is 118 cm³/mol. The smallest absolute Gasteiger partial charge is 0.231 e. The standard InChI is InChI=1S/C24H28N4O3/c1-27-15-19(20-3-2-9-25-23(20)27)8-12-28-10-6-18(7-11-28)24(29)26-14-17-4-5-21-22(13-17)31-16-30-21/h2-5,9,13,15,18H,6-8,10-12,14,16H2,1H3,(H,26,29). The first-order valence-electron chi connectivity index (χ1n) is 10.9. The second-order valence-corrected chi connectivity index (χ2v) is 8.41. The van der Waals surface area contributed by atoms with Crippen molar-refractivity contribution < 1.29 is 14.3 Å². The van der Waals surface area contributed by atoms with Crippen LogP contribution in [0.25, 0.3) is 11.0 Å². The number of aryl methyl sites for hydroxylation is 1. The van der Waals surface area contributed by atoms with Crippen LogP contribution in [0.1, 0.15) is 24.0 Å². The lowest BCUT2D eigenvalue weighted by molar-refractivity contribution is -0.126. The van der Waals surface area contributed by atoms with Crippen molar-refractivity contribution in [3.05, 3.63) is 53.9 Å². The van der Waals surface area contributed by atoms with Gasteiger partial charge in [-0.25, -0.2) is 4.98 Å². The minimum Gasteiger partial charge on any atom is -0.454 e. The Morgan fingerprint density at radius 3 is 2.90 bits per heavy atom. The van der Waals surface area contributed by atoms with Gasteiger partial charge in [-0.05, 0) is 67.7 Å². The van der Waals surface area contributed by atoms with Gasteiger partial charge in [0.1, 0.15) is 5.65 Å². The Labute approximate surface area is 182 Å². The highest BCUT2D eigenvalue weighted by Crippen LogP contribution is 2.32. The van der Waals surface area contributed by atoms with Crippen LogP contribution in [-0.2, 0) is 24.8 Å². The molecule has 1 fully saturated rings. The highest BCUT2D eigenvalue weighted by atomic mass is 16.7. The largest absolute Gasteiger partial charge is 0.454 e. The topological polar surface area (TPSA) is 68.6 Å². The number of amides is 1. The number of hydrogen-bond acceptors (Lipinski definition) is 5. The summed E-state index contributed by atoms with van der Waals surface area (Å²) in [5, 5.41) is 4.33. The predicted octanol–water partition coefficient (Wildman–Crippen LogP) is 2.87. The fraction of sp³-hybridized carbons (Fsp3) is 0.417. The molecule has 2 aromatic heterocycles. The molecule has 1 amide bonds. The Hall–Kier alpha value is -3.06. The van der Waals surface area contributed by atoms with Crippen molar-refractivity contribution in [2.24, 2.45) is 13.0 Å². The molecule has 2 aliphatic heterocycles. The molecule has 0 unspecified atom stereocenters. The summed E-state index contributed by atoms with van der Waals surface area (Å²) in [5.41, 5.74) is 3.41. The number of rotatable bonds is 6. The third-order valence-corrected chi connectivity index (χ3v) is 6.38. The van der Waals surface area contributed by atoms with E-state index in [1.165, 1.54) is 10.9 Å². The van der Waals surface area contributed by atoms with E-state index in [1.54, 1.807) is 0 Å². The quantitative estimate of drug-likeness (QED) is 0.664. The van der Waals surface area contributed by atoms with E-state index < -0.39 is 0 Å². The van der Waals surface area contributed by atoms with E-state index in [4.69, 9.17) is 9.47 Å². The number of piperidine rings is 1. The van der Waals surface area contributed by atoms with Gasteiger partial charge in [0.05, 0.1) is 0 Å². The Morgan fingerprint density at radius 2 is 2.03 bits per heavy atom. The van der Waals surface area contributed by atoms with E-state index in [2.05, 4.69) is 32.0 Å². The zero-order valence-corrected chi connectivity index (χ0v) is 17.8. The highest BCUT2D eigenvalue weighted by Gasteiger charge is 2.25. The number of carbonyl (C=O) groups is 1. The molecule has 31 heavy (non-hydrogen) atoms. The molecule has 1 saturated heterocycles. The minimum absolute atomic E-state index is 0.0898. The van der Waals surface area contributed by atoms with Crippen LogP contribution in [0.15, 0.2) is 42.7 Å². The SMILES string of the molecule is Cn1cc(CCN2CCC(C(=O)NCc3ccc4c(c3)OCO4)CC2)c2cccnc21. The average molecular weight is 421 g/mol. The molecular formula is C24H28N4O3. The molecule has 1 aromatic carbocycles. The number of pyridine rings is 1. The molecule has 1 N–H and O–H groups in total. The monoisotopic (exact) mass is 420 g/mol. The van der Waals surface area contributed by atoms with Crippen LogP contribution < -0.4 is 14.8 Å². The number of nitrogens with one attached hydrogen (secondary N) is 1. The van der Waals surface area contributed by atoms with Gasteiger partial charge in [0, 0.05) is 43.8 Å². The van der Waals surface area contributed by atoms with Crippen molar-refractivity contribution in [1.82, 2.24) is 19.8 Å². The van der Waals surface area contributed by atoms with Crippen LogP contribution in [0, 0.1) is 5.92 Å². The molecule has 3 aromatic rings. The van der Waals surface area contributed by atoms with Crippen molar-refractivity contribution in [2.45, 2.75) is 25.8 Å². The van der Waals surface area contributed by atoms with E-state index in [1.807, 2.05) is 37.5 Å². The number of ether oxygens (including phenoxy) is 2. The molecule has 0 aliphatic carbocycles. The molecule has 2 aliphatic rings. The molecular weight excluding hydrogens is 392 g/mol. The van der Waals surface area contributed by atoms with E-state index in [0.29, 0.717) is 6.54 Å². The van der Waals surface area contributed by atoms with Gasteiger partial charge >= 0.3 is 0 Å². The molecule has 0 saturated carbocycles. The lowest BCUT2D eigenvalue weighted by Crippen LogP contribution is -2.41. The van der Waals surface area contributed by atoms with E-state index in [0.717, 1.165) is 61.6 Å². The normalized spacial score (nSPS) is 16.7. The summed E-state index contributed by atoms with van der Waals surface area (Å²) < 4.78 is 12.8. The van der Waals surface area contributed by atoms with Gasteiger partial charge in [-0.1, -0.05) is 6.07 Å². The number of hydrogen-bond donors (Lipinski definition) is 1. The van der Waals surface area contributed by atoms with Crippen molar-refractivity contribution in [3.63, 3.8) is 0 Å². The number of benzene rings is 1. The minimum atomic E-state index is 0.0898.